The number of nitrogens with zero attached hydrogens (tertiary/aromatic N) is 4. The van der Waals surface area contributed by atoms with Crippen LogP contribution in [0.3, 0.4) is 0 Å². The molecule has 3 aromatic rings. The summed E-state index contributed by atoms with van der Waals surface area (Å²) in [5.74, 6) is 0.102. The molecule has 1 unspecified atom stereocenters. The molecule has 2 aliphatic rings. The fourth-order valence-electron chi connectivity index (χ4n) is 5.33. The van der Waals surface area contributed by atoms with Crippen LogP contribution in [0.5, 0.6) is 11.6 Å². The Bertz CT molecular complexity index is 1390. The predicted molar refractivity (Wildman–Crippen MR) is 137 cm³/mol. The molecule has 8 nitrogen and oxygen atoms in total. The van der Waals surface area contributed by atoms with Crippen molar-refractivity contribution in [1.82, 2.24) is 19.8 Å². The second-order valence-electron chi connectivity index (χ2n) is 9.91. The highest BCUT2D eigenvalue weighted by molar-refractivity contribution is 5.95. The molecule has 39 heavy (non-hydrogen) atoms. The number of benzene rings is 1. The van der Waals surface area contributed by atoms with Gasteiger partial charge in [-0.1, -0.05) is 0 Å². The van der Waals surface area contributed by atoms with Crippen molar-refractivity contribution < 1.29 is 32.2 Å². The Kier molecular flexibility index (Phi) is 7.33. The summed E-state index contributed by atoms with van der Waals surface area (Å²) in [5, 5.41) is 0.623. The number of carbonyl (C=O) groups excluding carboxylic acids is 2. The topological polar surface area (TPSA) is 84.9 Å². The molecular formula is C28H29F3N4O4. The lowest BCUT2D eigenvalue weighted by Crippen LogP contribution is -2.43. The van der Waals surface area contributed by atoms with E-state index in [0.717, 1.165) is 13.2 Å². The number of fused-ring (bicyclic) bond motifs is 1. The lowest BCUT2D eigenvalue weighted by atomic mass is 9.95. The predicted octanol–water partition coefficient (Wildman–Crippen LogP) is 4.56. The van der Waals surface area contributed by atoms with Crippen molar-refractivity contribution in [3.05, 3.63) is 48.3 Å². The zero-order valence-corrected chi connectivity index (χ0v) is 21.7. The van der Waals surface area contributed by atoms with Crippen LogP contribution in [0.25, 0.3) is 22.0 Å². The van der Waals surface area contributed by atoms with E-state index in [1.54, 1.807) is 36.1 Å². The van der Waals surface area contributed by atoms with Crippen molar-refractivity contribution in [1.29, 1.82) is 0 Å². The summed E-state index contributed by atoms with van der Waals surface area (Å²) >= 11 is 0. The van der Waals surface area contributed by atoms with E-state index in [4.69, 9.17) is 9.47 Å². The Hall–Kier alpha value is -3.89. The highest BCUT2D eigenvalue weighted by atomic mass is 19.4. The smallest absolute Gasteiger partial charge is 0.421 e. The van der Waals surface area contributed by atoms with Crippen molar-refractivity contribution in [2.45, 2.75) is 38.5 Å². The molecule has 2 aliphatic heterocycles. The van der Waals surface area contributed by atoms with Gasteiger partial charge in [-0.2, -0.15) is 13.2 Å². The molecule has 1 atom stereocenters. The van der Waals surface area contributed by atoms with Crippen LogP contribution in [0, 0.1) is 5.92 Å². The quantitative estimate of drug-likeness (QED) is 0.470. The summed E-state index contributed by atoms with van der Waals surface area (Å²) in [4.78, 5) is 36.5. The third-order valence-electron chi connectivity index (χ3n) is 7.42. The van der Waals surface area contributed by atoms with E-state index < -0.39 is 17.6 Å². The zero-order chi connectivity index (χ0) is 27.7. The van der Waals surface area contributed by atoms with Crippen LogP contribution in [0.1, 0.15) is 31.7 Å². The molecule has 0 N–H and O–H groups in total. The van der Waals surface area contributed by atoms with Crippen molar-refractivity contribution >= 4 is 22.7 Å². The molecule has 0 bridgehead atoms. The van der Waals surface area contributed by atoms with Gasteiger partial charge in [-0.3, -0.25) is 14.6 Å². The molecule has 1 aromatic carbocycles. The summed E-state index contributed by atoms with van der Waals surface area (Å²) < 4.78 is 51.8. The Labute approximate surface area is 223 Å². The first-order chi connectivity index (χ1) is 18.6. The number of likely N-dealkylation sites (tertiary alicyclic amines) is 2. The molecule has 2 aromatic heterocycles. The van der Waals surface area contributed by atoms with Gasteiger partial charge >= 0.3 is 6.18 Å². The minimum atomic E-state index is -4.62. The number of alkyl halides is 3. The fourth-order valence-corrected chi connectivity index (χ4v) is 5.33. The first-order valence-corrected chi connectivity index (χ1v) is 12.9. The van der Waals surface area contributed by atoms with Crippen LogP contribution in [-0.2, 0) is 15.8 Å². The summed E-state index contributed by atoms with van der Waals surface area (Å²) in [6.45, 7) is 3.79. The van der Waals surface area contributed by atoms with E-state index in [2.05, 4.69) is 9.97 Å². The molecule has 2 amide bonds. The molecule has 0 spiro atoms. The summed E-state index contributed by atoms with van der Waals surface area (Å²) in [5.41, 5.74) is 0.458. The van der Waals surface area contributed by atoms with E-state index in [-0.39, 0.29) is 29.4 Å². The van der Waals surface area contributed by atoms with Gasteiger partial charge in [-0.15, -0.1) is 0 Å². The Morgan fingerprint density at radius 2 is 1.74 bits per heavy atom. The zero-order valence-electron chi connectivity index (χ0n) is 21.7. The van der Waals surface area contributed by atoms with Gasteiger partial charge in [0.05, 0.1) is 19.2 Å². The minimum absolute atomic E-state index is 0.0355. The molecule has 0 radical (unpaired) electrons. The number of halogens is 3. The number of methoxy groups -OCH3 is 1. The van der Waals surface area contributed by atoms with Crippen LogP contribution in [0.15, 0.2) is 42.7 Å². The number of ether oxygens (including phenoxy) is 2. The van der Waals surface area contributed by atoms with Crippen LogP contribution in [-0.4, -0.2) is 71.0 Å². The highest BCUT2D eigenvalue weighted by Gasteiger charge is 2.36. The second kappa shape index (κ2) is 10.7. The van der Waals surface area contributed by atoms with E-state index in [1.807, 2.05) is 4.90 Å². The lowest BCUT2D eigenvalue weighted by Gasteiger charge is -2.32. The normalized spacial score (nSPS) is 18.4. The first-order valence-electron chi connectivity index (χ1n) is 12.9. The first kappa shape index (κ1) is 26.7. The van der Waals surface area contributed by atoms with Crippen LogP contribution >= 0.6 is 0 Å². The molecule has 0 aliphatic carbocycles. The maximum Gasteiger partial charge on any atom is 0.421 e. The monoisotopic (exact) mass is 542 g/mol. The largest absolute Gasteiger partial charge is 0.488 e. The lowest BCUT2D eigenvalue weighted by molar-refractivity contribution is -0.139. The minimum Gasteiger partial charge on any atom is -0.488 e. The molecule has 5 rings (SSSR count). The standard InChI is InChI=1S/C28H29F3N4O4/c1-17(36)34-10-6-18(7-11-34)27(37)35-12-8-21(16-35)39-20-3-4-25-23(14-20)22(5-9-32-25)19-13-24(28(29,30)31)26(38-2)33-15-19/h3-5,9,13-15,18,21H,6-8,10-12,16H2,1-2H3. The number of aromatic nitrogens is 2. The van der Waals surface area contributed by atoms with E-state index >= 15 is 0 Å². The van der Waals surface area contributed by atoms with E-state index in [0.29, 0.717) is 67.7 Å². The van der Waals surface area contributed by atoms with Gasteiger partial charge in [-0.25, -0.2) is 4.98 Å². The van der Waals surface area contributed by atoms with Gasteiger partial charge in [0.2, 0.25) is 17.7 Å². The van der Waals surface area contributed by atoms with Crippen LogP contribution in [0.2, 0.25) is 0 Å². The average molecular weight is 543 g/mol. The third-order valence-corrected chi connectivity index (χ3v) is 7.42. The SMILES string of the molecule is COc1ncc(-c2ccnc3ccc(OC4CCN(C(=O)C5CCN(C(C)=O)CC5)C4)cc23)cc1C(F)(F)F. The number of piperidine rings is 1. The number of hydrogen-bond donors (Lipinski definition) is 0. The third kappa shape index (κ3) is 5.62. The molecule has 206 valence electrons. The van der Waals surface area contributed by atoms with Gasteiger partial charge in [0.15, 0.2) is 0 Å². The van der Waals surface area contributed by atoms with Crippen molar-refractivity contribution in [3.63, 3.8) is 0 Å². The fraction of sp³-hybridized carbons (Fsp3) is 0.429. The number of hydrogen-bond acceptors (Lipinski definition) is 6. The highest BCUT2D eigenvalue weighted by Crippen LogP contribution is 2.39. The van der Waals surface area contributed by atoms with Gasteiger partial charge in [-0.05, 0) is 48.7 Å². The number of carbonyl (C=O) groups is 2. The van der Waals surface area contributed by atoms with Gasteiger partial charge in [0.1, 0.15) is 17.4 Å². The summed E-state index contributed by atoms with van der Waals surface area (Å²) in [6.07, 6.45) is 0.0567. The van der Waals surface area contributed by atoms with Crippen molar-refractivity contribution in [2.75, 3.05) is 33.3 Å². The maximum absolute atomic E-state index is 13.6. The number of rotatable bonds is 5. The van der Waals surface area contributed by atoms with Crippen LogP contribution < -0.4 is 9.47 Å². The Morgan fingerprint density at radius 1 is 1.00 bits per heavy atom. The second-order valence-corrected chi connectivity index (χ2v) is 9.91. The molecule has 4 heterocycles. The van der Waals surface area contributed by atoms with Gasteiger partial charge < -0.3 is 19.3 Å². The number of pyridine rings is 2. The van der Waals surface area contributed by atoms with E-state index in [9.17, 15) is 22.8 Å². The molecule has 2 fully saturated rings. The molecule has 2 saturated heterocycles. The summed E-state index contributed by atoms with van der Waals surface area (Å²) in [6, 6.07) is 7.96. The summed E-state index contributed by atoms with van der Waals surface area (Å²) in [7, 11) is 1.15. The average Bonchev–Trinajstić information content (AvgIpc) is 3.40. The Balaban J connectivity index is 1.32. The molecular weight excluding hydrogens is 513 g/mol. The molecule has 0 saturated carbocycles. The van der Waals surface area contributed by atoms with Crippen LogP contribution in [0.4, 0.5) is 13.2 Å². The molecule has 11 heteroatoms. The van der Waals surface area contributed by atoms with Crippen molar-refractivity contribution in [2.24, 2.45) is 5.92 Å². The van der Waals surface area contributed by atoms with E-state index in [1.165, 1.54) is 12.4 Å². The Morgan fingerprint density at radius 3 is 2.44 bits per heavy atom. The number of amides is 2. The van der Waals surface area contributed by atoms with Gasteiger partial charge in [0, 0.05) is 62.2 Å². The van der Waals surface area contributed by atoms with Crippen molar-refractivity contribution in [3.8, 4) is 22.8 Å². The van der Waals surface area contributed by atoms with Gasteiger partial charge in [0.25, 0.3) is 0 Å². The maximum atomic E-state index is 13.6.